The van der Waals surface area contributed by atoms with Gasteiger partial charge in [-0.05, 0) is 37.9 Å². The zero-order valence-electron chi connectivity index (χ0n) is 15.3. The van der Waals surface area contributed by atoms with Crippen molar-refractivity contribution in [3.63, 3.8) is 0 Å². The van der Waals surface area contributed by atoms with Crippen LogP contribution in [0.4, 0.5) is 0 Å². The van der Waals surface area contributed by atoms with E-state index in [1.165, 1.54) is 6.42 Å². The molecular formula is C20H31N3O2. The molecule has 0 unspecified atom stereocenters. The van der Waals surface area contributed by atoms with Gasteiger partial charge in [-0.15, -0.1) is 0 Å². The molecule has 1 aromatic carbocycles. The van der Waals surface area contributed by atoms with Crippen molar-refractivity contribution >= 4 is 5.91 Å². The van der Waals surface area contributed by atoms with E-state index in [2.05, 4.69) is 22.0 Å². The van der Waals surface area contributed by atoms with Crippen molar-refractivity contribution in [2.45, 2.75) is 44.8 Å². The van der Waals surface area contributed by atoms with Crippen LogP contribution in [-0.4, -0.2) is 67.1 Å². The first-order chi connectivity index (χ1) is 12.2. The largest absolute Gasteiger partial charge is 0.488 e. The minimum absolute atomic E-state index is 0.0806. The van der Waals surface area contributed by atoms with E-state index in [1.807, 2.05) is 30.3 Å². The number of carbonyl (C=O) groups is 1. The van der Waals surface area contributed by atoms with Gasteiger partial charge in [-0.2, -0.15) is 0 Å². The standard InChI is InChI=1S/C20H31N3O2/c1-2-22-12-14-23(15-13-22)16-20(24)21-18-10-6-7-11-19(18)25-17-8-4-3-5-9-17/h3-5,8-9,18-19H,2,6-7,10-16H2,1H3,(H,21,24)/t18-,19+/m1/s1. The lowest BCUT2D eigenvalue weighted by atomic mass is 9.92. The van der Waals surface area contributed by atoms with Gasteiger partial charge in [0, 0.05) is 26.2 Å². The maximum Gasteiger partial charge on any atom is 0.234 e. The van der Waals surface area contributed by atoms with Gasteiger partial charge in [0.05, 0.1) is 12.6 Å². The molecule has 1 N–H and O–H groups in total. The minimum atomic E-state index is 0.0806. The number of nitrogens with zero attached hydrogens (tertiary/aromatic N) is 2. The van der Waals surface area contributed by atoms with E-state index in [0.717, 1.165) is 57.7 Å². The Morgan fingerprint density at radius 3 is 2.48 bits per heavy atom. The number of ether oxygens (including phenoxy) is 1. The summed E-state index contributed by atoms with van der Waals surface area (Å²) in [6, 6.07) is 10.1. The Labute approximate surface area is 151 Å². The van der Waals surface area contributed by atoms with Gasteiger partial charge in [-0.3, -0.25) is 9.69 Å². The molecule has 1 aromatic rings. The molecule has 0 spiro atoms. The van der Waals surface area contributed by atoms with Crippen LogP contribution >= 0.6 is 0 Å². The number of para-hydroxylation sites is 1. The van der Waals surface area contributed by atoms with Crippen LogP contribution in [0.1, 0.15) is 32.6 Å². The van der Waals surface area contributed by atoms with Crippen molar-refractivity contribution in [3.05, 3.63) is 30.3 Å². The number of nitrogens with one attached hydrogen (secondary N) is 1. The molecule has 1 aliphatic carbocycles. The maximum absolute atomic E-state index is 12.5. The molecule has 0 radical (unpaired) electrons. The summed E-state index contributed by atoms with van der Waals surface area (Å²) in [5, 5.41) is 3.24. The molecule has 1 heterocycles. The molecule has 2 aliphatic rings. The highest BCUT2D eigenvalue weighted by molar-refractivity contribution is 5.78. The van der Waals surface area contributed by atoms with E-state index in [9.17, 15) is 4.79 Å². The predicted molar refractivity (Wildman–Crippen MR) is 99.8 cm³/mol. The molecular weight excluding hydrogens is 314 g/mol. The normalized spacial score (nSPS) is 25.5. The van der Waals surface area contributed by atoms with Crippen molar-refractivity contribution in [2.75, 3.05) is 39.3 Å². The number of carbonyl (C=O) groups excluding carboxylic acids is 1. The first-order valence-corrected chi connectivity index (χ1v) is 9.70. The summed E-state index contributed by atoms with van der Waals surface area (Å²) in [6.07, 6.45) is 4.43. The molecule has 0 bridgehead atoms. The fourth-order valence-corrected chi connectivity index (χ4v) is 3.80. The molecule has 3 rings (SSSR count). The summed E-state index contributed by atoms with van der Waals surface area (Å²) >= 11 is 0. The van der Waals surface area contributed by atoms with Crippen molar-refractivity contribution in [1.29, 1.82) is 0 Å². The van der Waals surface area contributed by atoms with Crippen LogP contribution in [0.5, 0.6) is 5.75 Å². The summed E-state index contributed by atoms with van der Waals surface area (Å²) in [4.78, 5) is 17.2. The Kier molecular flexibility index (Phi) is 6.70. The monoisotopic (exact) mass is 345 g/mol. The summed E-state index contributed by atoms with van der Waals surface area (Å²) < 4.78 is 6.15. The SMILES string of the molecule is CCN1CCN(CC(=O)N[C@@H]2CCCC[C@@H]2Oc2ccccc2)CC1. The summed E-state index contributed by atoms with van der Waals surface area (Å²) in [5.74, 6) is 1.03. The van der Waals surface area contributed by atoms with Crippen molar-refractivity contribution in [3.8, 4) is 5.75 Å². The molecule has 2 fully saturated rings. The van der Waals surface area contributed by atoms with E-state index in [1.54, 1.807) is 0 Å². The van der Waals surface area contributed by atoms with Gasteiger partial charge >= 0.3 is 0 Å². The highest BCUT2D eigenvalue weighted by atomic mass is 16.5. The van der Waals surface area contributed by atoms with Crippen molar-refractivity contribution in [1.82, 2.24) is 15.1 Å². The lowest BCUT2D eigenvalue weighted by Gasteiger charge is -2.35. The Bertz CT molecular complexity index is 529. The Morgan fingerprint density at radius 1 is 1.08 bits per heavy atom. The van der Waals surface area contributed by atoms with Crippen LogP contribution in [0.25, 0.3) is 0 Å². The zero-order valence-corrected chi connectivity index (χ0v) is 15.3. The average molecular weight is 345 g/mol. The lowest BCUT2D eigenvalue weighted by molar-refractivity contribution is -0.124. The van der Waals surface area contributed by atoms with Crippen LogP contribution in [0.3, 0.4) is 0 Å². The van der Waals surface area contributed by atoms with E-state index < -0.39 is 0 Å². The van der Waals surface area contributed by atoms with Crippen molar-refractivity contribution < 1.29 is 9.53 Å². The van der Waals surface area contributed by atoms with Gasteiger partial charge in [0.1, 0.15) is 11.9 Å². The molecule has 5 heteroatoms. The molecule has 2 atom stereocenters. The highest BCUT2D eigenvalue weighted by Gasteiger charge is 2.29. The summed E-state index contributed by atoms with van der Waals surface area (Å²) in [5.41, 5.74) is 0. The number of rotatable bonds is 6. The van der Waals surface area contributed by atoms with Crippen LogP contribution in [0, 0.1) is 0 Å². The third-order valence-electron chi connectivity index (χ3n) is 5.36. The molecule has 5 nitrogen and oxygen atoms in total. The van der Waals surface area contributed by atoms with Crippen molar-refractivity contribution in [2.24, 2.45) is 0 Å². The molecule has 1 saturated heterocycles. The van der Waals surface area contributed by atoms with E-state index in [0.29, 0.717) is 6.54 Å². The molecule has 25 heavy (non-hydrogen) atoms. The van der Waals surface area contributed by atoms with Gasteiger partial charge in [0.25, 0.3) is 0 Å². The quantitative estimate of drug-likeness (QED) is 0.858. The second-order valence-electron chi connectivity index (χ2n) is 7.14. The Hall–Kier alpha value is -1.59. The van der Waals surface area contributed by atoms with Crippen LogP contribution in [-0.2, 0) is 4.79 Å². The van der Waals surface area contributed by atoms with E-state index >= 15 is 0 Å². The number of piperazine rings is 1. The Balaban J connectivity index is 1.48. The molecule has 1 aliphatic heterocycles. The predicted octanol–water partition coefficient (Wildman–Crippen LogP) is 2.13. The van der Waals surface area contributed by atoms with Gasteiger partial charge in [-0.1, -0.05) is 31.5 Å². The van der Waals surface area contributed by atoms with E-state index in [4.69, 9.17) is 4.74 Å². The second-order valence-corrected chi connectivity index (χ2v) is 7.14. The second kappa shape index (κ2) is 9.20. The first kappa shape index (κ1) is 18.2. The smallest absolute Gasteiger partial charge is 0.234 e. The molecule has 0 aromatic heterocycles. The molecule has 1 amide bonds. The average Bonchev–Trinajstić information content (AvgIpc) is 2.65. The van der Waals surface area contributed by atoms with Gasteiger partial charge in [0.15, 0.2) is 0 Å². The highest BCUT2D eigenvalue weighted by Crippen LogP contribution is 2.23. The summed E-state index contributed by atoms with van der Waals surface area (Å²) in [6.45, 7) is 7.89. The van der Waals surface area contributed by atoms with E-state index in [-0.39, 0.29) is 18.1 Å². The third kappa shape index (κ3) is 5.44. The maximum atomic E-state index is 12.5. The number of likely N-dealkylation sites (N-methyl/N-ethyl adjacent to an activating group) is 1. The molecule has 138 valence electrons. The van der Waals surface area contributed by atoms with Crippen LogP contribution in [0.15, 0.2) is 30.3 Å². The minimum Gasteiger partial charge on any atom is -0.488 e. The van der Waals surface area contributed by atoms with Gasteiger partial charge in [0.2, 0.25) is 5.91 Å². The number of benzene rings is 1. The number of amides is 1. The summed E-state index contributed by atoms with van der Waals surface area (Å²) in [7, 11) is 0. The first-order valence-electron chi connectivity index (χ1n) is 9.70. The number of hydrogen-bond acceptors (Lipinski definition) is 4. The lowest BCUT2D eigenvalue weighted by Crippen LogP contribution is -2.53. The van der Waals surface area contributed by atoms with Crippen LogP contribution < -0.4 is 10.1 Å². The molecule has 1 saturated carbocycles. The fourth-order valence-electron chi connectivity index (χ4n) is 3.80. The third-order valence-corrected chi connectivity index (χ3v) is 5.36. The topological polar surface area (TPSA) is 44.8 Å². The van der Waals surface area contributed by atoms with Gasteiger partial charge in [-0.25, -0.2) is 0 Å². The van der Waals surface area contributed by atoms with Gasteiger partial charge < -0.3 is 15.0 Å². The fraction of sp³-hybridized carbons (Fsp3) is 0.650. The Morgan fingerprint density at radius 2 is 1.76 bits per heavy atom. The number of hydrogen-bond donors (Lipinski definition) is 1. The van der Waals surface area contributed by atoms with Crippen LogP contribution in [0.2, 0.25) is 0 Å². The zero-order chi connectivity index (χ0) is 17.5.